The van der Waals surface area contributed by atoms with Crippen LogP contribution in [0, 0.1) is 11.3 Å². The molecule has 0 saturated heterocycles. The third-order valence-corrected chi connectivity index (χ3v) is 4.91. The fourth-order valence-corrected chi connectivity index (χ4v) is 3.75. The summed E-state index contributed by atoms with van der Waals surface area (Å²) in [6.45, 7) is 0.790. The molecule has 0 heterocycles. The maximum Gasteiger partial charge on any atom is 0.100 e. The van der Waals surface area contributed by atoms with Gasteiger partial charge in [-0.1, -0.05) is 23.9 Å². The molecule has 3 rings (SSSR count). The van der Waals surface area contributed by atoms with Crippen LogP contribution in [0.1, 0.15) is 28.7 Å². The van der Waals surface area contributed by atoms with E-state index in [0.717, 1.165) is 22.6 Å². The van der Waals surface area contributed by atoms with E-state index in [1.165, 1.54) is 35.3 Å². The van der Waals surface area contributed by atoms with E-state index in [9.17, 15) is 5.26 Å². The van der Waals surface area contributed by atoms with E-state index < -0.39 is 0 Å². The Morgan fingerprint density at radius 3 is 2.81 bits per heavy atom. The summed E-state index contributed by atoms with van der Waals surface area (Å²) in [5.41, 5.74) is 4.87. The van der Waals surface area contributed by atoms with Crippen LogP contribution in [0.4, 0.5) is 0 Å². The van der Waals surface area contributed by atoms with Crippen LogP contribution in [0.2, 0.25) is 0 Å². The summed E-state index contributed by atoms with van der Waals surface area (Å²) in [4.78, 5) is 2.27. The molecule has 0 saturated carbocycles. The Morgan fingerprint density at radius 2 is 2.00 bits per heavy atom. The van der Waals surface area contributed by atoms with Crippen molar-refractivity contribution in [3.8, 4) is 6.07 Å². The van der Waals surface area contributed by atoms with Crippen molar-refractivity contribution in [3.05, 3.63) is 58.7 Å². The summed E-state index contributed by atoms with van der Waals surface area (Å²) in [6.07, 6.45) is 3.67. The van der Waals surface area contributed by atoms with Crippen LogP contribution in [0.25, 0.3) is 0 Å². The Labute approximate surface area is 130 Å². The molecule has 0 fully saturated rings. The minimum absolute atomic E-state index is 0.758. The van der Waals surface area contributed by atoms with E-state index in [4.69, 9.17) is 0 Å². The fraction of sp³-hybridized carbons (Fsp3) is 0.278. The summed E-state index contributed by atoms with van der Waals surface area (Å²) in [5.74, 6) is 0. The molecule has 3 heteroatoms. The number of nitriles is 1. The topological polar surface area (TPSA) is 35.8 Å². The summed E-state index contributed by atoms with van der Waals surface area (Å²) in [6, 6.07) is 15.2. The van der Waals surface area contributed by atoms with Crippen LogP contribution < -0.4 is 5.32 Å². The Morgan fingerprint density at radius 1 is 1.14 bits per heavy atom. The van der Waals surface area contributed by atoms with Crippen molar-refractivity contribution in [2.75, 3.05) is 7.05 Å². The van der Waals surface area contributed by atoms with E-state index in [1.807, 2.05) is 13.1 Å². The van der Waals surface area contributed by atoms with Crippen molar-refractivity contribution in [1.29, 1.82) is 5.26 Å². The van der Waals surface area contributed by atoms with Gasteiger partial charge in [-0.2, -0.15) is 5.26 Å². The van der Waals surface area contributed by atoms with Crippen LogP contribution in [0.5, 0.6) is 0 Å². The van der Waals surface area contributed by atoms with Gasteiger partial charge >= 0.3 is 0 Å². The van der Waals surface area contributed by atoms with E-state index in [-0.39, 0.29) is 0 Å². The van der Waals surface area contributed by atoms with Crippen LogP contribution in [-0.4, -0.2) is 7.05 Å². The van der Waals surface area contributed by atoms with Crippen molar-refractivity contribution in [2.24, 2.45) is 0 Å². The lowest BCUT2D eigenvalue weighted by molar-refractivity contribution is 0.816. The number of fused-ring (bicyclic) bond motifs is 1. The number of nitrogens with one attached hydrogen (secondary N) is 1. The van der Waals surface area contributed by atoms with Gasteiger partial charge in [-0.05, 0) is 67.3 Å². The number of hydrogen-bond donors (Lipinski definition) is 1. The summed E-state index contributed by atoms with van der Waals surface area (Å²) in [7, 11) is 1.92. The molecule has 2 aromatic rings. The maximum atomic E-state index is 9.36. The molecule has 1 aliphatic carbocycles. The lowest BCUT2D eigenvalue weighted by Crippen LogP contribution is -2.05. The van der Waals surface area contributed by atoms with Gasteiger partial charge in [0.15, 0.2) is 0 Å². The van der Waals surface area contributed by atoms with Crippen molar-refractivity contribution >= 4 is 11.8 Å². The molecule has 1 aliphatic rings. The molecule has 0 amide bonds. The predicted molar refractivity (Wildman–Crippen MR) is 86.5 cm³/mol. The van der Waals surface area contributed by atoms with Gasteiger partial charge in [0.2, 0.25) is 0 Å². The standard InChI is InChI=1S/C18H18N2S/c1-20-12-13-5-8-18(16(9-13)11-19)21-17-7-6-14-3-2-4-15(14)10-17/h5-10,20H,2-4,12H2,1H3. The van der Waals surface area contributed by atoms with Gasteiger partial charge in [0.05, 0.1) is 5.56 Å². The zero-order valence-corrected chi connectivity index (χ0v) is 13.0. The summed E-state index contributed by atoms with van der Waals surface area (Å²) in [5, 5.41) is 12.5. The van der Waals surface area contributed by atoms with Gasteiger partial charge in [0, 0.05) is 16.3 Å². The molecule has 2 aromatic carbocycles. The third kappa shape index (κ3) is 3.12. The van der Waals surface area contributed by atoms with Crippen LogP contribution in [0.3, 0.4) is 0 Å². The molecular formula is C18H18N2S. The first kappa shape index (κ1) is 14.2. The highest BCUT2D eigenvalue weighted by molar-refractivity contribution is 7.99. The Kier molecular flexibility index (Phi) is 4.28. The molecule has 0 atom stereocenters. The first-order valence-corrected chi connectivity index (χ1v) is 8.09. The number of aryl methyl sites for hydroxylation is 2. The van der Waals surface area contributed by atoms with Crippen molar-refractivity contribution in [1.82, 2.24) is 5.32 Å². The van der Waals surface area contributed by atoms with Crippen LogP contribution >= 0.6 is 11.8 Å². The van der Waals surface area contributed by atoms with Gasteiger partial charge in [-0.3, -0.25) is 0 Å². The molecule has 0 bridgehead atoms. The lowest BCUT2D eigenvalue weighted by Gasteiger charge is -2.08. The molecule has 1 N–H and O–H groups in total. The van der Waals surface area contributed by atoms with Crippen molar-refractivity contribution < 1.29 is 0 Å². The van der Waals surface area contributed by atoms with Gasteiger partial charge < -0.3 is 5.32 Å². The summed E-state index contributed by atoms with van der Waals surface area (Å²) < 4.78 is 0. The van der Waals surface area contributed by atoms with Gasteiger partial charge in [-0.15, -0.1) is 0 Å². The second kappa shape index (κ2) is 6.34. The zero-order chi connectivity index (χ0) is 14.7. The minimum Gasteiger partial charge on any atom is -0.316 e. The normalized spacial score (nSPS) is 13.0. The highest BCUT2D eigenvalue weighted by atomic mass is 32.2. The van der Waals surface area contributed by atoms with E-state index in [0.29, 0.717) is 0 Å². The second-order valence-electron chi connectivity index (χ2n) is 5.36. The largest absolute Gasteiger partial charge is 0.316 e. The quantitative estimate of drug-likeness (QED) is 0.928. The van der Waals surface area contributed by atoms with Crippen molar-refractivity contribution in [2.45, 2.75) is 35.6 Å². The van der Waals surface area contributed by atoms with Gasteiger partial charge in [-0.25, -0.2) is 0 Å². The monoisotopic (exact) mass is 294 g/mol. The highest BCUT2D eigenvalue weighted by Crippen LogP contribution is 2.34. The molecule has 0 spiro atoms. The minimum atomic E-state index is 0.758. The van der Waals surface area contributed by atoms with E-state index >= 15 is 0 Å². The molecule has 106 valence electrons. The first-order valence-electron chi connectivity index (χ1n) is 7.27. The first-order chi connectivity index (χ1) is 10.3. The molecule has 21 heavy (non-hydrogen) atoms. The predicted octanol–water partition coefficient (Wildman–Crippen LogP) is 3.92. The van der Waals surface area contributed by atoms with Gasteiger partial charge in [0.1, 0.15) is 6.07 Å². The summed E-state index contributed by atoms with van der Waals surface area (Å²) >= 11 is 1.69. The van der Waals surface area contributed by atoms with Crippen LogP contribution in [-0.2, 0) is 19.4 Å². The Balaban J connectivity index is 1.86. The molecule has 2 nitrogen and oxygen atoms in total. The van der Waals surface area contributed by atoms with E-state index in [1.54, 1.807) is 11.8 Å². The van der Waals surface area contributed by atoms with E-state index in [2.05, 4.69) is 41.7 Å². The maximum absolute atomic E-state index is 9.36. The molecule has 0 aromatic heterocycles. The second-order valence-corrected chi connectivity index (χ2v) is 6.47. The molecule has 0 aliphatic heterocycles. The molecular weight excluding hydrogens is 276 g/mol. The molecule has 0 radical (unpaired) electrons. The number of hydrogen-bond acceptors (Lipinski definition) is 3. The number of nitrogens with zero attached hydrogens (tertiary/aromatic N) is 1. The Bertz CT molecular complexity index is 701. The number of rotatable bonds is 4. The zero-order valence-electron chi connectivity index (χ0n) is 12.1. The number of benzene rings is 2. The smallest absolute Gasteiger partial charge is 0.100 e. The van der Waals surface area contributed by atoms with Gasteiger partial charge in [0.25, 0.3) is 0 Å². The molecule has 0 unspecified atom stereocenters. The highest BCUT2D eigenvalue weighted by Gasteiger charge is 2.12. The van der Waals surface area contributed by atoms with Crippen molar-refractivity contribution in [3.63, 3.8) is 0 Å². The SMILES string of the molecule is CNCc1ccc(Sc2ccc3c(c2)CCC3)c(C#N)c1. The average Bonchev–Trinajstić information content (AvgIpc) is 2.96. The Hall–Kier alpha value is -1.76. The lowest BCUT2D eigenvalue weighted by atomic mass is 10.1. The van der Waals surface area contributed by atoms with Crippen LogP contribution in [0.15, 0.2) is 46.2 Å². The third-order valence-electron chi connectivity index (χ3n) is 3.84. The average molecular weight is 294 g/mol. The fourth-order valence-electron chi connectivity index (χ4n) is 2.81.